The minimum absolute atomic E-state index is 0.129. The number of H-pyrrole nitrogens is 1. The number of aromatic nitrogens is 3. The molecule has 0 saturated heterocycles. The maximum absolute atomic E-state index is 12.9. The SMILES string of the molecule is Cn1c(=O)c(Cc2ccc(F)cc2)c(O)c2[nH]c(Br)nc21. The van der Waals surface area contributed by atoms with Gasteiger partial charge in [0.2, 0.25) is 0 Å². The number of aromatic hydroxyl groups is 1. The number of hydrogen-bond donors (Lipinski definition) is 2. The molecule has 1 aromatic carbocycles. The summed E-state index contributed by atoms with van der Waals surface area (Å²) in [7, 11) is 1.59. The van der Waals surface area contributed by atoms with Crippen molar-refractivity contribution in [1.82, 2.24) is 14.5 Å². The van der Waals surface area contributed by atoms with Crippen LogP contribution in [0.25, 0.3) is 11.2 Å². The van der Waals surface area contributed by atoms with Gasteiger partial charge < -0.3 is 10.1 Å². The van der Waals surface area contributed by atoms with Gasteiger partial charge in [0.15, 0.2) is 16.1 Å². The molecule has 0 aliphatic heterocycles. The molecule has 5 nitrogen and oxygen atoms in total. The van der Waals surface area contributed by atoms with E-state index in [1.54, 1.807) is 19.2 Å². The lowest BCUT2D eigenvalue weighted by Gasteiger charge is -2.08. The second-order valence-corrected chi connectivity index (χ2v) is 5.47. The molecule has 108 valence electrons. The van der Waals surface area contributed by atoms with E-state index in [4.69, 9.17) is 0 Å². The Morgan fingerprint density at radius 3 is 2.71 bits per heavy atom. The second-order valence-electron chi connectivity index (χ2n) is 4.72. The van der Waals surface area contributed by atoms with Crippen LogP contribution in [0.2, 0.25) is 0 Å². The predicted octanol–water partition coefficient (Wildman–Crippen LogP) is 2.46. The van der Waals surface area contributed by atoms with Gasteiger partial charge in [0.25, 0.3) is 5.56 Å². The van der Waals surface area contributed by atoms with E-state index < -0.39 is 0 Å². The van der Waals surface area contributed by atoms with Gasteiger partial charge in [-0.2, -0.15) is 0 Å². The molecule has 0 bridgehead atoms. The maximum Gasteiger partial charge on any atom is 0.259 e. The summed E-state index contributed by atoms with van der Waals surface area (Å²) in [4.78, 5) is 19.3. The molecule has 3 rings (SSSR count). The largest absolute Gasteiger partial charge is 0.505 e. The normalized spacial score (nSPS) is 11.2. The summed E-state index contributed by atoms with van der Waals surface area (Å²) in [5.74, 6) is -0.473. The molecule has 0 saturated carbocycles. The van der Waals surface area contributed by atoms with E-state index in [9.17, 15) is 14.3 Å². The third-order valence-corrected chi connectivity index (χ3v) is 3.73. The summed E-state index contributed by atoms with van der Waals surface area (Å²) in [6, 6.07) is 5.81. The zero-order chi connectivity index (χ0) is 15.1. The fourth-order valence-electron chi connectivity index (χ4n) is 2.26. The summed E-state index contributed by atoms with van der Waals surface area (Å²) in [5, 5.41) is 10.3. The third kappa shape index (κ3) is 2.33. The van der Waals surface area contributed by atoms with E-state index in [2.05, 4.69) is 25.9 Å². The van der Waals surface area contributed by atoms with Crippen LogP contribution in [0, 0.1) is 5.82 Å². The first-order valence-corrected chi connectivity index (χ1v) is 6.97. The number of fused-ring (bicyclic) bond motifs is 1. The molecular weight excluding hydrogens is 341 g/mol. The fourth-order valence-corrected chi connectivity index (χ4v) is 2.63. The molecule has 0 fully saturated rings. The van der Waals surface area contributed by atoms with E-state index in [0.29, 0.717) is 15.9 Å². The van der Waals surface area contributed by atoms with E-state index in [1.807, 2.05) is 0 Å². The van der Waals surface area contributed by atoms with Crippen molar-refractivity contribution in [2.75, 3.05) is 0 Å². The van der Waals surface area contributed by atoms with Crippen LogP contribution in [0.15, 0.2) is 33.8 Å². The lowest BCUT2D eigenvalue weighted by molar-refractivity contribution is 0.472. The Labute approximate surface area is 127 Å². The molecular formula is C14H11BrFN3O2. The number of pyridine rings is 1. The number of benzene rings is 1. The molecule has 0 unspecified atom stereocenters. The summed E-state index contributed by atoms with van der Waals surface area (Å²) in [5.41, 5.74) is 1.41. The van der Waals surface area contributed by atoms with Gasteiger partial charge >= 0.3 is 0 Å². The average Bonchev–Trinajstić information content (AvgIpc) is 2.85. The van der Waals surface area contributed by atoms with Gasteiger partial charge in [-0.1, -0.05) is 12.1 Å². The first-order chi connectivity index (χ1) is 9.97. The minimum atomic E-state index is -0.344. The topological polar surface area (TPSA) is 70.9 Å². The van der Waals surface area contributed by atoms with Gasteiger partial charge in [0.1, 0.15) is 11.3 Å². The quantitative estimate of drug-likeness (QED) is 0.744. The fraction of sp³-hybridized carbons (Fsp3) is 0.143. The Hall–Kier alpha value is -2.15. The number of imidazole rings is 1. The van der Waals surface area contributed by atoms with E-state index in [-0.39, 0.29) is 29.1 Å². The van der Waals surface area contributed by atoms with Crippen molar-refractivity contribution in [1.29, 1.82) is 0 Å². The van der Waals surface area contributed by atoms with Crippen molar-refractivity contribution in [2.24, 2.45) is 7.05 Å². The first-order valence-electron chi connectivity index (χ1n) is 6.18. The van der Waals surface area contributed by atoms with Gasteiger partial charge in [0, 0.05) is 13.5 Å². The molecule has 0 aliphatic rings. The van der Waals surface area contributed by atoms with Crippen molar-refractivity contribution in [3.8, 4) is 5.75 Å². The summed E-state index contributed by atoms with van der Waals surface area (Å²) in [6.07, 6.45) is 0.214. The van der Waals surface area contributed by atoms with Crippen LogP contribution in [0.1, 0.15) is 11.1 Å². The van der Waals surface area contributed by atoms with Crippen LogP contribution in [-0.2, 0) is 13.5 Å². The molecule has 3 aromatic rings. The Morgan fingerprint density at radius 1 is 1.38 bits per heavy atom. The average molecular weight is 352 g/mol. The number of nitrogens with one attached hydrogen (secondary N) is 1. The predicted molar refractivity (Wildman–Crippen MR) is 79.9 cm³/mol. The van der Waals surface area contributed by atoms with Crippen LogP contribution < -0.4 is 5.56 Å². The Morgan fingerprint density at radius 2 is 2.05 bits per heavy atom. The molecule has 2 heterocycles. The van der Waals surface area contributed by atoms with Crippen LogP contribution in [-0.4, -0.2) is 19.6 Å². The zero-order valence-corrected chi connectivity index (χ0v) is 12.6. The van der Waals surface area contributed by atoms with Gasteiger partial charge in [-0.15, -0.1) is 0 Å². The third-order valence-electron chi connectivity index (χ3n) is 3.35. The summed E-state index contributed by atoms with van der Waals surface area (Å²) < 4.78 is 14.7. The van der Waals surface area contributed by atoms with Crippen molar-refractivity contribution in [2.45, 2.75) is 6.42 Å². The molecule has 0 aliphatic carbocycles. The van der Waals surface area contributed by atoms with E-state index in [0.717, 1.165) is 5.56 Å². The number of aromatic amines is 1. The highest BCUT2D eigenvalue weighted by atomic mass is 79.9. The van der Waals surface area contributed by atoms with Crippen molar-refractivity contribution >= 4 is 27.1 Å². The van der Waals surface area contributed by atoms with Crippen LogP contribution in [0.5, 0.6) is 5.75 Å². The zero-order valence-electron chi connectivity index (χ0n) is 11.0. The lowest BCUT2D eigenvalue weighted by Crippen LogP contribution is -2.22. The number of halogens is 2. The number of rotatable bonds is 2. The van der Waals surface area contributed by atoms with Crippen molar-refractivity contribution < 1.29 is 9.50 Å². The Bertz CT molecular complexity index is 884. The molecule has 2 aromatic heterocycles. The summed E-state index contributed by atoms with van der Waals surface area (Å²) in [6.45, 7) is 0. The maximum atomic E-state index is 12.9. The highest BCUT2D eigenvalue weighted by Crippen LogP contribution is 2.27. The van der Waals surface area contributed by atoms with E-state index >= 15 is 0 Å². The number of hydrogen-bond acceptors (Lipinski definition) is 3. The molecule has 0 radical (unpaired) electrons. The molecule has 0 amide bonds. The lowest BCUT2D eigenvalue weighted by atomic mass is 10.1. The smallest absolute Gasteiger partial charge is 0.259 e. The molecule has 0 atom stereocenters. The highest BCUT2D eigenvalue weighted by molar-refractivity contribution is 9.10. The molecule has 0 spiro atoms. The van der Waals surface area contributed by atoms with Crippen LogP contribution >= 0.6 is 15.9 Å². The van der Waals surface area contributed by atoms with Gasteiger partial charge in [-0.25, -0.2) is 9.37 Å². The van der Waals surface area contributed by atoms with Gasteiger partial charge in [-0.05, 0) is 33.6 Å². The molecule has 2 N–H and O–H groups in total. The second kappa shape index (κ2) is 5.00. The monoisotopic (exact) mass is 351 g/mol. The standard InChI is InChI=1S/C14H11BrFN3O2/c1-19-12-10(17-14(15)18-12)11(20)9(13(19)21)6-7-2-4-8(16)5-3-7/h2-5,20H,6H2,1H3,(H,17,18). The Kier molecular flexibility index (Phi) is 3.29. The van der Waals surface area contributed by atoms with Crippen molar-refractivity contribution in [3.63, 3.8) is 0 Å². The Balaban J connectivity index is 2.18. The van der Waals surface area contributed by atoms with E-state index in [1.165, 1.54) is 16.7 Å². The van der Waals surface area contributed by atoms with Gasteiger partial charge in [0.05, 0.1) is 5.56 Å². The summed E-state index contributed by atoms with van der Waals surface area (Å²) >= 11 is 3.18. The van der Waals surface area contributed by atoms with Gasteiger partial charge in [-0.3, -0.25) is 9.36 Å². The highest BCUT2D eigenvalue weighted by Gasteiger charge is 2.18. The molecule has 7 heteroatoms. The van der Waals surface area contributed by atoms with Crippen LogP contribution in [0.4, 0.5) is 4.39 Å². The van der Waals surface area contributed by atoms with Crippen molar-refractivity contribution in [3.05, 3.63) is 56.3 Å². The first kappa shape index (κ1) is 13.8. The molecule has 21 heavy (non-hydrogen) atoms. The van der Waals surface area contributed by atoms with Crippen LogP contribution in [0.3, 0.4) is 0 Å². The minimum Gasteiger partial charge on any atom is -0.505 e. The number of nitrogens with zero attached hydrogens (tertiary/aromatic N) is 2. The number of aryl methyl sites for hydroxylation is 1.